The number of rotatable bonds is 6. The molecule has 21 heavy (non-hydrogen) atoms. The van der Waals surface area contributed by atoms with E-state index in [0.29, 0.717) is 19.6 Å². The highest BCUT2D eigenvalue weighted by Gasteiger charge is 2.22. The molecule has 1 saturated heterocycles. The Kier molecular flexibility index (Phi) is 6.51. The number of halogens is 1. The number of benzene rings is 1. The van der Waals surface area contributed by atoms with Gasteiger partial charge in [-0.2, -0.15) is 0 Å². The minimum absolute atomic E-state index is 0.174. The van der Waals surface area contributed by atoms with Crippen LogP contribution in [0.3, 0.4) is 0 Å². The van der Waals surface area contributed by atoms with E-state index >= 15 is 0 Å². The molecule has 0 bridgehead atoms. The fourth-order valence-corrected chi connectivity index (χ4v) is 2.81. The van der Waals surface area contributed by atoms with E-state index in [0.717, 1.165) is 36.0 Å². The average molecular weight is 356 g/mol. The molecule has 1 aliphatic rings. The number of piperidine rings is 1. The maximum absolute atomic E-state index is 12.1. The normalized spacial score (nSPS) is 18.6. The van der Waals surface area contributed by atoms with Crippen LogP contribution in [0.15, 0.2) is 28.7 Å². The molecule has 1 fully saturated rings. The van der Waals surface area contributed by atoms with Crippen LogP contribution in [0.5, 0.6) is 5.75 Å². The Hall–Kier alpha value is -1.07. The Morgan fingerprint density at radius 1 is 1.38 bits per heavy atom. The van der Waals surface area contributed by atoms with Crippen LogP contribution in [0.25, 0.3) is 0 Å². The molecule has 1 heterocycles. The van der Waals surface area contributed by atoms with Gasteiger partial charge >= 0.3 is 0 Å². The first-order valence-electron chi connectivity index (χ1n) is 7.46. The minimum Gasteiger partial charge on any atom is -0.494 e. The number of hydrogen-bond acceptors (Lipinski definition) is 3. The predicted molar refractivity (Wildman–Crippen MR) is 85.3 cm³/mol. The molecular weight excluding hydrogens is 334 g/mol. The third kappa shape index (κ3) is 5.32. The Morgan fingerprint density at radius 3 is 2.86 bits per heavy atom. The van der Waals surface area contributed by atoms with Gasteiger partial charge in [0.15, 0.2) is 0 Å². The van der Waals surface area contributed by atoms with Crippen LogP contribution < -0.4 is 4.74 Å². The van der Waals surface area contributed by atoms with Crippen molar-refractivity contribution in [3.63, 3.8) is 0 Å². The second kappa shape index (κ2) is 8.39. The SMILES string of the molecule is O=C(CCCOc1ccc(Br)cc1)N1CCCC(CO)C1. The van der Waals surface area contributed by atoms with Crippen LogP contribution in [0.4, 0.5) is 0 Å². The van der Waals surface area contributed by atoms with Crippen molar-refractivity contribution in [2.24, 2.45) is 5.92 Å². The summed E-state index contributed by atoms with van der Waals surface area (Å²) in [5.74, 6) is 1.25. The monoisotopic (exact) mass is 355 g/mol. The number of hydrogen-bond donors (Lipinski definition) is 1. The van der Waals surface area contributed by atoms with Crippen molar-refractivity contribution < 1.29 is 14.6 Å². The zero-order chi connectivity index (χ0) is 15.1. The molecule has 0 spiro atoms. The molecule has 1 aromatic carbocycles. The van der Waals surface area contributed by atoms with Crippen molar-refractivity contribution in [3.05, 3.63) is 28.7 Å². The molecule has 1 atom stereocenters. The highest BCUT2D eigenvalue weighted by atomic mass is 79.9. The summed E-state index contributed by atoms with van der Waals surface area (Å²) in [6.07, 6.45) is 3.24. The molecular formula is C16H22BrNO3. The van der Waals surface area contributed by atoms with Gasteiger partial charge in [0.05, 0.1) is 6.61 Å². The number of carbonyl (C=O) groups excluding carboxylic acids is 1. The van der Waals surface area contributed by atoms with Gasteiger partial charge in [-0.15, -0.1) is 0 Å². The highest BCUT2D eigenvalue weighted by Crippen LogP contribution is 2.18. The molecule has 1 aliphatic heterocycles. The number of amides is 1. The molecule has 0 aliphatic carbocycles. The van der Waals surface area contributed by atoms with E-state index in [1.165, 1.54) is 0 Å². The van der Waals surface area contributed by atoms with Gasteiger partial charge < -0.3 is 14.7 Å². The molecule has 0 radical (unpaired) electrons. The lowest BCUT2D eigenvalue weighted by molar-refractivity contribution is -0.133. The first-order valence-corrected chi connectivity index (χ1v) is 8.25. The summed E-state index contributed by atoms with van der Waals surface area (Å²) >= 11 is 3.38. The number of carbonyl (C=O) groups is 1. The molecule has 2 rings (SSSR count). The standard InChI is InChI=1S/C16H22BrNO3/c17-14-5-7-15(8-6-14)21-10-2-4-16(20)18-9-1-3-13(11-18)12-19/h5-8,13,19H,1-4,9-12H2. The Morgan fingerprint density at radius 2 is 2.14 bits per heavy atom. The molecule has 1 amide bonds. The summed E-state index contributed by atoms with van der Waals surface area (Å²) < 4.78 is 6.63. The number of nitrogens with zero attached hydrogens (tertiary/aromatic N) is 1. The first kappa shape index (κ1) is 16.3. The lowest BCUT2D eigenvalue weighted by Crippen LogP contribution is -2.40. The lowest BCUT2D eigenvalue weighted by Gasteiger charge is -2.31. The molecule has 1 aromatic rings. The summed E-state index contributed by atoms with van der Waals surface area (Å²) in [6, 6.07) is 7.68. The minimum atomic E-state index is 0.174. The average Bonchev–Trinajstić information content (AvgIpc) is 2.53. The van der Waals surface area contributed by atoms with E-state index in [9.17, 15) is 9.90 Å². The fourth-order valence-electron chi connectivity index (χ4n) is 2.54. The van der Waals surface area contributed by atoms with E-state index in [1.54, 1.807) is 0 Å². The van der Waals surface area contributed by atoms with Crippen molar-refractivity contribution in [1.29, 1.82) is 0 Å². The summed E-state index contributed by atoms with van der Waals surface area (Å²) in [4.78, 5) is 14.0. The number of aliphatic hydroxyl groups is 1. The van der Waals surface area contributed by atoms with E-state index in [2.05, 4.69) is 15.9 Å². The lowest BCUT2D eigenvalue weighted by atomic mass is 9.99. The van der Waals surface area contributed by atoms with E-state index in [4.69, 9.17) is 4.74 Å². The quantitative estimate of drug-likeness (QED) is 0.798. The Bertz CT molecular complexity index is 449. The van der Waals surface area contributed by atoms with Crippen LogP contribution in [0.1, 0.15) is 25.7 Å². The van der Waals surface area contributed by atoms with Gasteiger partial charge in [-0.3, -0.25) is 4.79 Å². The Balaban J connectivity index is 1.66. The predicted octanol–water partition coefficient (Wildman–Crippen LogP) is 2.84. The zero-order valence-electron chi connectivity index (χ0n) is 12.1. The van der Waals surface area contributed by atoms with Gasteiger partial charge in [0, 0.05) is 30.6 Å². The smallest absolute Gasteiger partial charge is 0.222 e. The van der Waals surface area contributed by atoms with Crippen molar-refractivity contribution in [1.82, 2.24) is 4.90 Å². The van der Waals surface area contributed by atoms with E-state index in [-0.39, 0.29) is 18.4 Å². The third-order valence-corrected chi connectivity index (χ3v) is 4.28. The van der Waals surface area contributed by atoms with Gasteiger partial charge in [-0.1, -0.05) is 15.9 Å². The van der Waals surface area contributed by atoms with Crippen molar-refractivity contribution in [3.8, 4) is 5.75 Å². The van der Waals surface area contributed by atoms with Crippen LogP contribution in [0.2, 0.25) is 0 Å². The van der Waals surface area contributed by atoms with E-state index < -0.39 is 0 Å². The zero-order valence-corrected chi connectivity index (χ0v) is 13.7. The maximum Gasteiger partial charge on any atom is 0.222 e. The fraction of sp³-hybridized carbons (Fsp3) is 0.562. The van der Waals surface area contributed by atoms with Gasteiger partial charge in [0.1, 0.15) is 5.75 Å². The number of likely N-dealkylation sites (tertiary alicyclic amines) is 1. The Labute approximate surface area is 134 Å². The number of aliphatic hydroxyl groups excluding tert-OH is 1. The maximum atomic E-state index is 12.1. The van der Waals surface area contributed by atoms with Crippen molar-refractivity contribution in [2.45, 2.75) is 25.7 Å². The summed E-state index contributed by atoms with van der Waals surface area (Å²) in [5, 5.41) is 9.19. The van der Waals surface area contributed by atoms with Crippen molar-refractivity contribution >= 4 is 21.8 Å². The third-order valence-electron chi connectivity index (χ3n) is 3.75. The second-order valence-electron chi connectivity index (χ2n) is 5.44. The van der Waals surface area contributed by atoms with Crippen LogP contribution in [0, 0.1) is 5.92 Å². The topological polar surface area (TPSA) is 49.8 Å². The molecule has 0 aromatic heterocycles. The van der Waals surface area contributed by atoms with E-state index in [1.807, 2.05) is 29.2 Å². The largest absolute Gasteiger partial charge is 0.494 e. The molecule has 1 N–H and O–H groups in total. The number of ether oxygens (including phenoxy) is 1. The van der Waals surface area contributed by atoms with Gasteiger partial charge in [0.2, 0.25) is 5.91 Å². The summed E-state index contributed by atoms with van der Waals surface area (Å²) in [6.45, 7) is 2.24. The highest BCUT2D eigenvalue weighted by molar-refractivity contribution is 9.10. The molecule has 4 nitrogen and oxygen atoms in total. The second-order valence-corrected chi connectivity index (χ2v) is 6.35. The van der Waals surface area contributed by atoms with Gasteiger partial charge in [-0.05, 0) is 49.4 Å². The first-order chi connectivity index (χ1) is 10.2. The van der Waals surface area contributed by atoms with Crippen LogP contribution in [-0.2, 0) is 4.79 Å². The molecule has 116 valence electrons. The van der Waals surface area contributed by atoms with Gasteiger partial charge in [0.25, 0.3) is 0 Å². The van der Waals surface area contributed by atoms with Crippen LogP contribution >= 0.6 is 15.9 Å². The van der Waals surface area contributed by atoms with Crippen LogP contribution in [-0.4, -0.2) is 42.2 Å². The van der Waals surface area contributed by atoms with Crippen molar-refractivity contribution in [2.75, 3.05) is 26.3 Å². The molecule has 0 saturated carbocycles. The summed E-state index contributed by atoms with van der Waals surface area (Å²) in [7, 11) is 0. The molecule has 1 unspecified atom stereocenters. The van der Waals surface area contributed by atoms with Gasteiger partial charge in [-0.25, -0.2) is 0 Å². The molecule has 5 heteroatoms. The summed E-state index contributed by atoms with van der Waals surface area (Å²) in [5.41, 5.74) is 0.